The van der Waals surface area contributed by atoms with Crippen LogP contribution in [0.1, 0.15) is 20.8 Å². The van der Waals surface area contributed by atoms with Gasteiger partial charge in [-0.3, -0.25) is 10.1 Å². The summed E-state index contributed by atoms with van der Waals surface area (Å²) < 4.78 is 0. The van der Waals surface area contributed by atoms with Gasteiger partial charge < -0.3 is 10.0 Å². The quantitative estimate of drug-likeness (QED) is 0.668. The van der Waals surface area contributed by atoms with E-state index in [4.69, 9.17) is 23.2 Å². The minimum atomic E-state index is -0.976. The number of nitrogens with zero attached hydrogens (tertiary/aromatic N) is 2. The molecule has 19 heavy (non-hydrogen) atoms. The number of likely N-dealkylation sites (N-methyl/N-ethyl adjacent to an activating group) is 1. The zero-order valence-electron chi connectivity index (χ0n) is 11.0. The Morgan fingerprint density at radius 1 is 1.37 bits per heavy atom. The number of anilines is 1. The average molecular weight is 307 g/mol. The molecule has 0 radical (unpaired) electrons. The van der Waals surface area contributed by atoms with E-state index in [1.165, 1.54) is 12.1 Å². The Kier molecular flexibility index (Phi) is 5.01. The van der Waals surface area contributed by atoms with Gasteiger partial charge in [-0.2, -0.15) is 0 Å². The summed E-state index contributed by atoms with van der Waals surface area (Å²) >= 11 is 11.7. The second-order valence-electron chi connectivity index (χ2n) is 4.84. The largest absolute Gasteiger partial charge is 0.389 e. The highest BCUT2D eigenvalue weighted by Crippen LogP contribution is 2.36. The van der Waals surface area contributed by atoms with Gasteiger partial charge in [0.2, 0.25) is 0 Å². The molecule has 0 fully saturated rings. The van der Waals surface area contributed by atoms with E-state index in [9.17, 15) is 15.2 Å². The second-order valence-corrected chi connectivity index (χ2v) is 5.65. The molecule has 7 heteroatoms. The summed E-state index contributed by atoms with van der Waals surface area (Å²) in [5.74, 6) is 0. The van der Waals surface area contributed by atoms with Gasteiger partial charge in [-0.15, -0.1) is 0 Å². The maximum Gasteiger partial charge on any atom is 0.294 e. The first-order valence-corrected chi connectivity index (χ1v) is 6.52. The van der Waals surface area contributed by atoms with Crippen molar-refractivity contribution in [3.8, 4) is 0 Å². The Labute approximate surface area is 121 Å². The van der Waals surface area contributed by atoms with Crippen LogP contribution < -0.4 is 4.90 Å². The molecule has 0 unspecified atom stereocenters. The van der Waals surface area contributed by atoms with Crippen LogP contribution >= 0.6 is 23.2 Å². The van der Waals surface area contributed by atoms with Gasteiger partial charge in [0, 0.05) is 19.2 Å². The molecular formula is C12H16Cl2N2O3. The Bertz CT molecular complexity index is 487. The summed E-state index contributed by atoms with van der Waals surface area (Å²) in [6.45, 7) is 5.88. The van der Waals surface area contributed by atoms with Crippen LogP contribution in [0, 0.1) is 10.1 Å². The summed E-state index contributed by atoms with van der Waals surface area (Å²) in [5, 5.41) is 21.3. The van der Waals surface area contributed by atoms with Crippen molar-refractivity contribution < 1.29 is 10.0 Å². The van der Waals surface area contributed by atoms with E-state index < -0.39 is 10.5 Å². The predicted octanol–water partition coefficient (Wildman–Crippen LogP) is 3.50. The standard InChI is InChI=1S/C12H16Cl2N2O3/c1-4-15(7-12(2,3)17)10-5-8(13)9(14)6-11(10)16(18)19/h5-6,17H,4,7H2,1-3H3. The molecule has 0 aliphatic heterocycles. The van der Waals surface area contributed by atoms with E-state index in [1.54, 1.807) is 18.7 Å². The first-order chi connectivity index (χ1) is 8.65. The molecule has 1 aromatic carbocycles. The number of halogens is 2. The third kappa shape index (κ3) is 4.23. The molecule has 5 nitrogen and oxygen atoms in total. The molecule has 1 rings (SSSR count). The molecule has 0 heterocycles. The second kappa shape index (κ2) is 5.94. The van der Waals surface area contributed by atoms with Crippen molar-refractivity contribution in [1.82, 2.24) is 0 Å². The Balaban J connectivity index is 3.29. The van der Waals surface area contributed by atoms with Crippen LogP contribution in [-0.4, -0.2) is 28.7 Å². The zero-order valence-corrected chi connectivity index (χ0v) is 12.5. The van der Waals surface area contributed by atoms with E-state index >= 15 is 0 Å². The highest BCUT2D eigenvalue weighted by Gasteiger charge is 2.25. The molecule has 106 valence electrons. The van der Waals surface area contributed by atoms with Crippen molar-refractivity contribution in [2.24, 2.45) is 0 Å². The zero-order chi connectivity index (χ0) is 14.8. The van der Waals surface area contributed by atoms with Gasteiger partial charge in [0.1, 0.15) is 5.69 Å². The number of benzene rings is 1. The fourth-order valence-electron chi connectivity index (χ4n) is 1.76. The summed E-state index contributed by atoms with van der Waals surface area (Å²) in [7, 11) is 0. The van der Waals surface area contributed by atoms with Crippen molar-refractivity contribution >= 4 is 34.6 Å². The van der Waals surface area contributed by atoms with Gasteiger partial charge in [-0.05, 0) is 26.8 Å². The molecule has 0 aliphatic rings. The minimum absolute atomic E-state index is 0.125. The van der Waals surface area contributed by atoms with Crippen LogP contribution in [0.2, 0.25) is 10.0 Å². The molecule has 0 saturated heterocycles. The van der Waals surface area contributed by atoms with Gasteiger partial charge in [0.05, 0.1) is 20.6 Å². The summed E-state index contributed by atoms with van der Waals surface area (Å²) in [6, 6.07) is 2.68. The lowest BCUT2D eigenvalue weighted by Crippen LogP contribution is -2.38. The normalized spacial score (nSPS) is 11.5. The summed E-state index contributed by atoms with van der Waals surface area (Å²) in [5.41, 5.74) is -0.750. The molecule has 0 atom stereocenters. The molecule has 0 bridgehead atoms. The van der Waals surface area contributed by atoms with Gasteiger partial charge >= 0.3 is 0 Å². The van der Waals surface area contributed by atoms with Crippen LogP contribution in [0.25, 0.3) is 0 Å². The van der Waals surface area contributed by atoms with Crippen molar-refractivity contribution in [2.75, 3.05) is 18.0 Å². The molecular weight excluding hydrogens is 291 g/mol. The SMILES string of the molecule is CCN(CC(C)(C)O)c1cc(Cl)c(Cl)cc1[N+](=O)[O-]. The number of hydrogen-bond acceptors (Lipinski definition) is 4. The van der Waals surface area contributed by atoms with Gasteiger partial charge in [-0.25, -0.2) is 0 Å². The Morgan fingerprint density at radius 2 is 1.89 bits per heavy atom. The lowest BCUT2D eigenvalue weighted by atomic mass is 10.1. The van der Waals surface area contributed by atoms with Crippen molar-refractivity contribution in [3.63, 3.8) is 0 Å². The third-order valence-corrected chi connectivity index (χ3v) is 3.24. The van der Waals surface area contributed by atoms with Crippen LogP contribution in [0.3, 0.4) is 0 Å². The van der Waals surface area contributed by atoms with Crippen LogP contribution in [0.15, 0.2) is 12.1 Å². The molecule has 1 aromatic rings. The van der Waals surface area contributed by atoms with Gasteiger partial charge in [0.25, 0.3) is 5.69 Å². The van der Waals surface area contributed by atoms with Crippen LogP contribution in [-0.2, 0) is 0 Å². The molecule has 0 aliphatic carbocycles. The molecule has 0 amide bonds. The maximum atomic E-state index is 11.1. The Morgan fingerprint density at radius 3 is 2.32 bits per heavy atom. The van der Waals surface area contributed by atoms with E-state index in [1.807, 2.05) is 6.92 Å². The minimum Gasteiger partial charge on any atom is -0.389 e. The highest BCUT2D eigenvalue weighted by molar-refractivity contribution is 6.42. The monoisotopic (exact) mass is 306 g/mol. The van der Waals surface area contributed by atoms with Crippen molar-refractivity contribution in [3.05, 3.63) is 32.3 Å². The molecule has 0 spiro atoms. The van der Waals surface area contributed by atoms with E-state index in [0.717, 1.165) is 0 Å². The fourth-order valence-corrected chi connectivity index (χ4v) is 2.08. The van der Waals surface area contributed by atoms with Crippen LogP contribution in [0.4, 0.5) is 11.4 Å². The number of nitro groups is 1. The molecule has 0 saturated carbocycles. The van der Waals surface area contributed by atoms with Gasteiger partial charge in [-0.1, -0.05) is 23.2 Å². The first-order valence-electron chi connectivity index (χ1n) is 5.76. The Hall–Kier alpha value is -1.04. The maximum absolute atomic E-state index is 11.1. The number of rotatable bonds is 5. The van der Waals surface area contributed by atoms with E-state index in [0.29, 0.717) is 12.2 Å². The number of aliphatic hydroxyl groups is 1. The first kappa shape index (κ1) is 16.0. The summed E-state index contributed by atoms with van der Waals surface area (Å²) in [4.78, 5) is 12.3. The van der Waals surface area contributed by atoms with Crippen LogP contribution in [0.5, 0.6) is 0 Å². The van der Waals surface area contributed by atoms with E-state index in [2.05, 4.69) is 0 Å². The fraction of sp³-hybridized carbons (Fsp3) is 0.500. The predicted molar refractivity (Wildman–Crippen MR) is 77.3 cm³/mol. The average Bonchev–Trinajstić information content (AvgIpc) is 2.27. The lowest BCUT2D eigenvalue weighted by Gasteiger charge is -2.29. The lowest BCUT2D eigenvalue weighted by molar-refractivity contribution is -0.384. The van der Waals surface area contributed by atoms with Gasteiger partial charge in [0.15, 0.2) is 0 Å². The van der Waals surface area contributed by atoms with Crippen molar-refractivity contribution in [1.29, 1.82) is 0 Å². The smallest absolute Gasteiger partial charge is 0.294 e. The molecule has 1 N–H and O–H groups in total. The molecule has 0 aromatic heterocycles. The number of hydrogen-bond donors (Lipinski definition) is 1. The number of nitro benzene ring substituents is 1. The van der Waals surface area contributed by atoms with Crippen molar-refractivity contribution in [2.45, 2.75) is 26.4 Å². The highest BCUT2D eigenvalue weighted by atomic mass is 35.5. The topological polar surface area (TPSA) is 66.6 Å². The third-order valence-electron chi connectivity index (χ3n) is 2.51. The summed E-state index contributed by atoms with van der Waals surface area (Å²) in [6.07, 6.45) is 0. The van der Waals surface area contributed by atoms with E-state index in [-0.39, 0.29) is 22.3 Å².